The van der Waals surface area contributed by atoms with Crippen molar-refractivity contribution in [3.63, 3.8) is 0 Å². The van der Waals surface area contributed by atoms with Crippen molar-refractivity contribution < 1.29 is 0 Å². The van der Waals surface area contributed by atoms with Gasteiger partial charge in [-0.3, -0.25) is 13.9 Å². The molecule has 0 aromatic carbocycles. The fraction of sp³-hybridized carbons (Fsp3) is 0.783. The first kappa shape index (κ1) is 23.4. The zero-order valence-corrected chi connectivity index (χ0v) is 18.8. The maximum atomic E-state index is 12.4. The van der Waals surface area contributed by atoms with Crippen LogP contribution in [0, 0.1) is 0 Å². The number of hydrogen-bond donors (Lipinski definition) is 0. The lowest BCUT2D eigenvalue weighted by molar-refractivity contribution is 0.525. The van der Waals surface area contributed by atoms with Gasteiger partial charge in [-0.15, -0.1) is 0 Å². The molecule has 0 N–H and O–H groups in total. The van der Waals surface area contributed by atoms with E-state index in [1.807, 2.05) is 4.57 Å². The van der Waals surface area contributed by atoms with Gasteiger partial charge in [0.1, 0.15) is 0 Å². The third-order valence-electron chi connectivity index (χ3n) is 5.97. The Kier molecular flexibility index (Phi) is 10.2. The molecule has 164 valence electrons. The highest BCUT2D eigenvalue weighted by Gasteiger charge is 2.13. The Balaban J connectivity index is 1.58. The Bertz CT molecular complexity index is 847. The van der Waals surface area contributed by atoms with Crippen molar-refractivity contribution in [1.82, 2.24) is 18.7 Å². The quantitative estimate of drug-likeness (QED) is 0.396. The van der Waals surface area contributed by atoms with Crippen LogP contribution in [0.1, 0.15) is 96.8 Å². The van der Waals surface area contributed by atoms with Gasteiger partial charge in [0.15, 0.2) is 11.2 Å². The monoisotopic (exact) mass is 404 g/mol. The molecule has 2 rings (SSSR count). The third kappa shape index (κ3) is 6.86. The smallest absolute Gasteiger partial charge is 0.325 e. The van der Waals surface area contributed by atoms with Crippen LogP contribution in [-0.4, -0.2) is 18.7 Å². The fourth-order valence-corrected chi connectivity index (χ4v) is 4.04. The van der Waals surface area contributed by atoms with Crippen LogP contribution in [0.4, 0.5) is 0 Å². The van der Waals surface area contributed by atoms with Gasteiger partial charge in [0, 0.05) is 20.6 Å². The van der Waals surface area contributed by atoms with E-state index in [4.69, 9.17) is 0 Å². The summed E-state index contributed by atoms with van der Waals surface area (Å²) >= 11 is 0. The second-order valence-corrected chi connectivity index (χ2v) is 8.41. The molecule has 0 saturated carbocycles. The first-order valence-corrected chi connectivity index (χ1v) is 11.7. The molecule has 0 saturated heterocycles. The molecule has 0 aliphatic rings. The molecule has 2 aromatic rings. The SMILES string of the molecule is CCCCCCCCCCCCCCCCn1cnc2c1c(=O)n(C)c(=O)n2C. The Morgan fingerprint density at radius 3 is 1.72 bits per heavy atom. The standard InChI is InChI=1S/C23H40N4O2/c1-4-5-6-7-8-9-10-11-12-13-14-15-16-17-18-27-19-24-21-20(27)22(28)26(3)23(29)25(21)2/h19H,4-18H2,1-3H3. The van der Waals surface area contributed by atoms with E-state index in [9.17, 15) is 9.59 Å². The van der Waals surface area contributed by atoms with E-state index in [0.29, 0.717) is 11.2 Å². The second kappa shape index (κ2) is 12.7. The summed E-state index contributed by atoms with van der Waals surface area (Å²) in [6, 6.07) is 0. The minimum absolute atomic E-state index is 0.258. The maximum absolute atomic E-state index is 12.4. The lowest BCUT2D eigenvalue weighted by atomic mass is 10.0. The van der Waals surface area contributed by atoms with Crippen molar-refractivity contribution in [2.24, 2.45) is 14.1 Å². The number of nitrogens with zero attached hydrogens (tertiary/aromatic N) is 4. The van der Waals surface area contributed by atoms with Crippen molar-refractivity contribution in [3.8, 4) is 0 Å². The van der Waals surface area contributed by atoms with Crippen molar-refractivity contribution in [1.29, 1.82) is 0 Å². The summed E-state index contributed by atoms with van der Waals surface area (Å²) in [4.78, 5) is 28.7. The van der Waals surface area contributed by atoms with Crippen molar-refractivity contribution >= 4 is 11.2 Å². The predicted molar refractivity (Wildman–Crippen MR) is 121 cm³/mol. The van der Waals surface area contributed by atoms with E-state index >= 15 is 0 Å². The molecule has 0 aliphatic carbocycles. The second-order valence-electron chi connectivity index (χ2n) is 8.41. The molecule has 0 radical (unpaired) electrons. The molecule has 29 heavy (non-hydrogen) atoms. The van der Waals surface area contributed by atoms with Gasteiger partial charge in [-0.2, -0.15) is 0 Å². The van der Waals surface area contributed by atoms with Crippen LogP contribution in [0.5, 0.6) is 0 Å². The summed E-state index contributed by atoms with van der Waals surface area (Å²) in [5.41, 5.74) is 0.419. The number of rotatable bonds is 15. The van der Waals surface area contributed by atoms with Crippen LogP contribution < -0.4 is 11.2 Å². The zero-order valence-electron chi connectivity index (χ0n) is 18.8. The Morgan fingerprint density at radius 2 is 1.21 bits per heavy atom. The molecule has 6 heteroatoms. The van der Waals surface area contributed by atoms with Gasteiger partial charge in [-0.1, -0.05) is 90.4 Å². The molecular formula is C23H40N4O2. The molecule has 0 unspecified atom stereocenters. The van der Waals surface area contributed by atoms with Crippen LogP contribution in [0.15, 0.2) is 15.9 Å². The third-order valence-corrected chi connectivity index (χ3v) is 5.97. The van der Waals surface area contributed by atoms with Gasteiger partial charge in [0.05, 0.1) is 6.33 Å². The fourth-order valence-electron chi connectivity index (χ4n) is 4.04. The summed E-state index contributed by atoms with van der Waals surface area (Å²) in [7, 11) is 3.18. The highest BCUT2D eigenvalue weighted by molar-refractivity contribution is 5.69. The highest BCUT2D eigenvalue weighted by Crippen LogP contribution is 2.14. The lowest BCUT2D eigenvalue weighted by Crippen LogP contribution is -2.37. The minimum Gasteiger partial charge on any atom is -0.325 e. The minimum atomic E-state index is -0.329. The Morgan fingerprint density at radius 1 is 0.724 bits per heavy atom. The van der Waals surface area contributed by atoms with E-state index in [2.05, 4.69) is 11.9 Å². The highest BCUT2D eigenvalue weighted by atomic mass is 16.2. The topological polar surface area (TPSA) is 61.8 Å². The van der Waals surface area contributed by atoms with E-state index in [0.717, 1.165) is 17.5 Å². The Hall–Kier alpha value is -1.85. The van der Waals surface area contributed by atoms with E-state index in [-0.39, 0.29) is 11.2 Å². The van der Waals surface area contributed by atoms with Gasteiger partial charge < -0.3 is 4.57 Å². The van der Waals surface area contributed by atoms with Crippen molar-refractivity contribution in [2.75, 3.05) is 0 Å². The molecule has 0 aliphatic heterocycles. The van der Waals surface area contributed by atoms with Crippen LogP contribution in [0.25, 0.3) is 11.2 Å². The summed E-state index contributed by atoms with van der Waals surface area (Å²) in [5, 5.41) is 0. The van der Waals surface area contributed by atoms with Gasteiger partial charge >= 0.3 is 5.69 Å². The lowest BCUT2D eigenvalue weighted by Gasteiger charge is -2.07. The molecule has 2 aromatic heterocycles. The van der Waals surface area contributed by atoms with Gasteiger partial charge in [0.2, 0.25) is 0 Å². The molecule has 0 atom stereocenters. The van der Waals surface area contributed by atoms with Crippen LogP contribution in [-0.2, 0) is 20.6 Å². The number of fused-ring (bicyclic) bond motifs is 1. The predicted octanol–water partition coefficient (Wildman–Crippen LogP) is 4.92. The van der Waals surface area contributed by atoms with E-state index < -0.39 is 0 Å². The molecule has 0 amide bonds. The summed E-state index contributed by atoms with van der Waals surface area (Å²) in [5.74, 6) is 0. The van der Waals surface area contributed by atoms with Crippen molar-refractivity contribution in [2.45, 2.75) is 103 Å². The normalized spacial score (nSPS) is 11.6. The number of unbranched alkanes of at least 4 members (excludes halogenated alkanes) is 13. The first-order chi connectivity index (χ1) is 14.1. The molecular weight excluding hydrogens is 364 g/mol. The molecule has 0 spiro atoms. The molecule has 6 nitrogen and oxygen atoms in total. The van der Waals surface area contributed by atoms with Gasteiger partial charge in [0.25, 0.3) is 5.56 Å². The van der Waals surface area contributed by atoms with Crippen LogP contribution in [0.2, 0.25) is 0 Å². The zero-order chi connectivity index (χ0) is 21.1. The van der Waals surface area contributed by atoms with E-state index in [1.165, 1.54) is 95.1 Å². The van der Waals surface area contributed by atoms with Gasteiger partial charge in [-0.25, -0.2) is 9.78 Å². The van der Waals surface area contributed by atoms with Gasteiger partial charge in [-0.05, 0) is 6.42 Å². The number of aromatic nitrogens is 4. The van der Waals surface area contributed by atoms with Crippen LogP contribution in [0.3, 0.4) is 0 Å². The Labute approximate surface area is 175 Å². The summed E-state index contributed by atoms with van der Waals surface area (Å²) in [6.07, 6.45) is 20.3. The molecule has 0 fully saturated rings. The number of imidazole rings is 1. The first-order valence-electron chi connectivity index (χ1n) is 11.7. The molecule has 2 heterocycles. The maximum Gasteiger partial charge on any atom is 0.332 e. The van der Waals surface area contributed by atoms with Crippen molar-refractivity contribution in [3.05, 3.63) is 27.2 Å². The average molecular weight is 405 g/mol. The number of hydrogen-bond acceptors (Lipinski definition) is 3. The average Bonchev–Trinajstić information content (AvgIpc) is 3.15. The summed E-state index contributed by atoms with van der Waals surface area (Å²) in [6.45, 7) is 3.05. The number of aryl methyl sites for hydroxylation is 2. The van der Waals surface area contributed by atoms with E-state index in [1.54, 1.807) is 13.4 Å². The summed E-state index contributed by atoms with van der Waals surface area (Å²) < 4.78 is 4.50. The largest absolute Gasteiger partial charge is 0.332 e. The van der Waals surface area contributed by atoms with Crippen LogP contribution >= 0.6 is 0 Å². The molecule has 0 bridgehead atoms.